The second kappa shape index (κ2) is 11.0. The summed E-state index contributed by atoms with van der Waals surface area (Å²) in [5.41, 5.74) is 2.93. The van der Waals surface area contributed by atoms with E-state index in [0.29, 0.717) is 40.5 Å². The molecule has 0 saturated carbocycles. The number of fused-ring (bicyclic) bond motifs is 4. The van der Waals surface area contributed by atoms with E-state index in [2.05, 4.69) is 54.0 Å². The van der Waals surface area contributed by atoms with Gasteiger partial charge >= 0.3 is 0 Å². The fourth-order valence-corrected chi connectivity index (χ4v) is 5.24. The SMILES string of the molecule is CN1CCN(c2ccc(Nc3ncc4c(=O)n5c(nc4n3)c3ccc(OCOC=O)cc3n5-c3ccccn3)cc2)CC1. The van der Waals surface area contributed by atoms with Gasteiger partial charge in [0.15, 0.2) is 17.1 Å². The van der Waals surface area contributed by atoms with Crippen molar-refractivity contribution >= 4 is 51.4 Å². The molecule has 0 bridgehead atoms. The first kappa shape index (κ1) is 26.3. The molecule has 1 aliphatic heterocycles. The van der Waals surface area contributed by atoms with Crippen LogP contribution in [0.25, 0.3) is 33.4 Å². The van der Waals surface area contributed by atoms with Gasteiger partial charge in [0.05, 0.1) is 5.52 Å². The van der Waals surface area contributed by atoms with E-state index in [9.17, 15) is 9.59 Å². The van der Waals surface area contributed by atoms with E-state index in [1.165, 1.54) is 16.4 Å². The van der Waals surface area contributed by atoms with Gasteiger partial charge in [-0.1, -0.05) is 6.07 Å². The van der Waals surface area contributed by atoms with Crippen LogP contribution in [0, 0.1) is 0 Å². The largest absolute Gasteiger partial charge is 0.457 e. The molecule has 1 saturated heterocycles. The van der Waals surface area contributed by atoms with Crippen LogP contribution in [-0.2, 0) is 9.53 Å². The number of carbonyl (C=O) groups is 1. The van der Waals surface area contributed by atoms with E-state index < -0.39 is 0 Å². The second-order valence-corrected chi connectivity index (χ2v) is 10.1. The maximum absolute atomic E-state index is 13.9. The van der Waals surface area contributed by atoms with E-state index in [0.717, 1.165) is 31.9 Å². The topological polar surface area (TPSA) is 132 Å². The number of benzene rings is 2. The summed E-state index contributed by atoms with van der Waals surface area (Å²) in [6, 6.07) is 18.8. The van der Waals surface area contributed by atoms with Crippen molar-refractivity contribution in [3.05, 3.63) is 83.4 Å². The van der Waals surface area contributed by atoms with Crippen molar-refractivity contribution in [2.24, 2.45) is 0 Å². The Balaban J connectivity index is 1.28. The molecule has 0 radical (unpaired) electrons. The number of ether oxygens (including phenoxy) is 2. The lowest BCUT2D eigenvalue weighted by atomic mass is 10.2. The number of likely N-dealkylation sites (N-methyl/N-ethyl adjacent to an activating group) is 1. The van der Waals surface area contributed by atoms with E-state index >= 15 is 0 Å². The fourth-order valence-electron chi connectivity index (χ4n) is 5.24. The molecular formula is C30H27N9O4. The van der Waals surface area contributed by atoms with Gasteiger partial charge in [-0.3, -0.25) is 9.59 Å². The Labute approximate surface area is 244 Å². The van der Waals surface area contributed by atoms with Crippen LogP contribution in [0.2, 0.25) is 0 Å². The molecule has 0 amide bonds. The molecule has 7 rings (SSSR count). The lowest BCUT2D eigenvalue weighted by molar-refractivity contribution is -0.134. The van der Waals surface area contributed by atoms with Gasteiger partial charge in [-0.15, -0.1) is 0 Å². The van der Waals surface area contributed by atoms with Crippen LogP contribution in [0.5, 0.6) is 5.75 Å². The zero-order valence-corrected chi connectivity index (χ0v) is 23.3. The summed E-state index contributed by atoms with van der Waals surface area (Å²) in [4.78, 5) is 47.4. The van der Waals surface area contributed by atoms with Crippen molar-refractivity contribution < 1.29 is 14.3 Å². The van der Waals surface area contributed by atoms with Crippen LogP contribution in [0.4, 0.5) is 17.3 Å². The molecule has 1 aliphatic rings. The molecule has 13 nitrogen and oxygen atoms in total. The summed E-state index contributed by atoms with van der Waals surface area (Å²) in [7, 11) is 2.14. The molecule has 216 valence electrons. The molecule has 4 aromatic heterocycles. The fraction of sp³-hybridized carbons (Fsp3) is 0.200. The van der Waals surface area contributed by atoms with E-state index in [4.69, 9.17) is 9.72 Å². The number of hydrogen-bond acceptors (Lipinski definition) is 11. The number of carbonyl (C=O) groups excluding carboxylic acids is 1. The standard InChI is InChI=1S/C30H27N9O4/c1-36-12-14-37(15-13-36)21-7-5-20(6-8-21)33-30-32-17-24-27(35-30)34-28-23-10-9-22(43-19-42-18-40)16-25(23)38(39(28)29(24)41)26-4-2-3-11-31-26/h2-11,16-18H,12-15,19H2,1H3,(H,32,33,35). The Morgan fingerprint density at radius 3 is 2.56 bits per heavy atom. The van der Waals surface area contributed by atoms with Crippen molar-refractivity contribution in [3.8, 4) is 11.6 Å². The van der Waals surface area contributed by atoms with Crippen molar-refractivity contribution in [1.29, 1.82) is 0 Å². The molecule has 6 aromatic rings. The summed E-state index contributed by atoms with van der Waals surface area (Å²) >= 11 is 0. The predicted molar refractivity (Wildman–Crippen MR) is 161 cm³/mol. The number of nitrogens with zero attached hydrogens (tertiary/aromatic N) is 8. The number of piperazine rings is 1. The van der Waals surface area contributed by atoms with Crippen LogP contribution in [0.15, 0.2) is 77.9 Å². The van der Waals surface area contributed by atoms with Gasteiger partial charge in [0, 0.05) is 61.4 Å². The summed E-state index contributed by atoms with van der Waals surface area (Å²) in [5.74, 6) is 1.28. The average Bonchev–Trinajstić information content (AvgIpc) is 3.36. The van der Waals surface area contributed by atoms with Gasteiger partial charge in [-0.05, 0) is 55.6 Å². The summed E-state index contributed by atoms with van der Waals surface area (Å²) in [5, 5.41) is 4.17. The Bertz CT molecular complexity index is 2000. The molecule has 0 atom stereocenters. The highest BCUT2D eigenvalue weighted by Gasteiger charge is 2.20. The normalized spacial score (nSPS) is 13.9. The predicted octanol–water partition coefficient (Wildman–Crippen LogP) is 2.98. The van der Waals surface area contributed by atoms with Gasteiger partial charge in [0.1, 0.15) is 11.1 Å². The van der Waals surface area contributed by atoms with Gasteiger partial charge in [-0.25, -0.2) is 19.6 Å². The van der Waals surface area contributed by atoms with E-state index in [1.807, 2.05) is 18.2 Å². The van der Waals surface area contributed by atoms with Gasteiger partial charge in [0.2, 0.25) is 12.7 Å². The Hall–Kier alpha value is -5.56. The van der Waals surface area contributed by atoms with E-state index in [-0.39, 0.29) is 23.4 Å². The molecule has 5 heterocycles. The Morgan fingerprint density at radius 1 is 0.953 bits per heavy atom. The molecule has 13 heteroatoms. The Morgan fingerprint density at radius 2 is 1.79 bits per heavy atom. The maximum atomic E-state index is 13.9. The second-order valence-electron chi connectivity index (χ2n) is 10.1. The molecule has 1 N–H and O–H groups in total. The first-order valence-electron chi connectivity index (χ1n) is 13.7. The summed E-state index contributed by atoms with van der Waals surface area (Å²) < 4.78 is 13.3. The highest BCUT2D eigenvalue weighted by molar-refractivity contribution is 5.96. The van der Waals surface area contributed by atoms with Gasteiger partial charge in [-0.2, -0.15) is 9.50 Å². The van der Waals surface area contributed by atoms with Crippen LogP contribution in [-0.4, -0.2) is 80.5 Å². The molecule has 43 heavy (non-hydrogen) atoms. The van der Waals surface area contributed by atoms with Gasteiger partial charge < -0.3 is 24.6 Å². The number of pyridine rings is 1. The first-order chi connectivity index (χ1) is 21.1. The van der Waals surface area contributed by atoms with Crippen LogP contribution < -0.4 is 20.5 Å². The minimum atomic E-state index is -0.350. The highest BCUT2D eigenvalue weighted by Crippen LogP contribution is 2.28. The zero-order valence-electron chi connectivity index (χ0n) is 23.3. The molecule has 0 unspecified atom stereocenters. The van der Waals surface area contributed by atoms with Crippen molar-refractivity contribution in [1.82, 2.24) is 34.0 Å². The first-order valence-corrected chi connectivity index (χ1v) is 13.7. The van der Waals surface area contributed by atoms with Gasteiger partial charge in [0.25, 0.3) is 12.0 Å². The third-order valence-electron chi connectivity index (χ3n) is 7.46. The molecule has 0 aliphatic carbocycles. The quantitative estimate of drug-likeness (QED) is 0.163. The summed E-state index contributed by atoms with van der Waals surface area (Å²) in [6.45, 7) is 4.13. The molecule has 1 fully saturated rings. The minimum Gasteiger partial charge on any atom is -0.457 e. The van der Waals surface area contributed by atoms with Crippen LogP contribution in [0.1, 0.15) is 0 Å². The number of aromatic nitrogens is 6. The number of rotatable bonds is 8. The van der Waals surface area contributed by atoms with Crippen molar-refractivity contribution in [3.63, 3.8) is 0 Å². The smallest absolute Gasteiger partial charge is 0.295 e. The lowest BCUT2D eigenvalue weighted by Gasteiger charge is -2.34. The summed E-state index contributed by atoms with van der Waals surface area (Å²) in [6.07, 6.45) is 3.13. The lowest BCUT2D eigenvalue weighted by Crippen LogP contribution is -2.44. The Kier molecular flexibility index (Phi) is 6.75. The molecule has 2 aromatic carbocycles. The van der Waals surface area contributed by atoms with E-state index in [1.54, 1.807) is 41.2 Å². The third kappa shape index (κ3) is 4.95. The van der Waals surface area contributed by atoms with Crippen molar-refractivity contribution in [2.75, 3.05) is 50.2 Å². The monoisotopic (exact) mass is 577 g/mol. The molecular weight excluding hydrogens is 550 g/mol. The minimum absolute atomic E-state index is 0.245. The molecule has 0 spiro atoms. The van der Waals surface area contributed by atoms with Crippen LogP contribution >= 0.6 is 0 Å². The number of hydrogen-bond donors (Lipinski definition) is 1. The zero-order chi connectivity index (χ0) is 29.3. The van der Waals surface area contributed by atoms with Crippen molar-refractivity contribution in [2.45, 2.75) is 0 Å². The highest BCUT2D eigenvalue weighted by atomic mass is 16.7. The third-order valence-corrected chi connectivity index (χ3v) is 7.46. The number of nitrogens with one attached hydrogen (secondary N) is 1. The maximum Gasteiger partial charge on any atom is 0.295 e. The van der Waals surface area contributed by atoms with Crippen LogP contribution in [0.3, 0.4) is 0 Å². The average molecular weight is 578 g/mol. The number of anilines is 3.